The van der Waals surface area contributed by atoms with Crippen LogP contribution in [0.4, 0.5) is 0 Å². The van der Waals surface area contributed by atoms with Crippen molar-refractivity contribution in [2.24, 2.45) is 29.1 Å². The lowest BCUT2D eigenvalue weighted by Crippen LogP contribution is -2.39. The van der Waals surface area contributed by atoms with E-state index < -0.39 is 12.0 Å². The van der Waals surface area contributed by atoms with Gasteiger partial charge in [0.25, 0.3) is 0 Å². The summed E-state index contributed by atoms with van der Waals surface area (Å²) in [5.74, 6) is -0.513. The van der Waals surface area contributed by atoms with Crippen LogP contribution in [0.3, 0.4) is 0 Å². The van der Waals surface area contributed by atoms with Crippen molar-refractivity contribution in [3.63, 3.8) is 0 Å². The Labute approximate surface area is 160 Å². The molecule has 0 aliphatic heterocycles. The Morgan fingerprint density at radius 3 is 2.48 bits per heavy atom. The lowest BCUT2D eigenvalue weighted by atomic mass is 9.67. The summed E-state index contributed by atoms with van der Waals surface area (Å²) < 4.78 is 0. The van der Waals surface area contributed by atoms with Gasteiger partial charge in [-0.25, -0.2) is 0 Å². The second-order valence-electron chi connectivity index (χ2n) is 9.08. The zero-order valence-corrected chi connectivity index (χ0v) is 16.3. The molecule has 5 atom stereocenters. The van der Waals surface area contributed by atoms with Crippen molar-refractivity contribution in [1.29, 1.82) is 0 Å². The summed E-state index contributed by atoms with van der Waals surface area (Å²) in [6.07, 6.45) is 6.79. The molecule has 4 nitrogen and oxygen atoms in total. The molecule has 0 saturated heterocycles. The monoisotopic (exact) mass is 368 g/mol. The summed E-state index contributed by atoms with van der Waals surface area (Å²) in [5, 5.41) is 10.7. The Morgan fingerprint density at radius 1 is 1.19 bits per heavy atom. The molecule has 27 heavy (non-hydrogen) atoms. The molecule has 2 saturated carbocycles. The predicted molar refractivity (Wildman–Crippen MR) is 102 cm³/mol. The Kier molecular flexibility index (Phi) is 4.38. The van der Waals surface area contributed by atoms with E-state index in [0.29, 0.717) is 19.3 Å². The quantitative estimate of drug-likeness (QED) is 0.773. The molecule has 2 fully saturated rings. The third-order valence-electron chi connectivity index (χ3n) is 7.74. The van der Waals surface area contributed by atoms with E-state index in [9.17, 15) is 19.5 Å². The van der Waals surface area contributed by atoms with E-state index in [-0.39, 0.29) is 29.0 Å². The molecule has 1 N–H and O–H groups in total. The van der Waals surface area contributed by atoms with Gasteiger partial charge in [-0.05, 0) is 74.7 Å². The molecule has 1 spiro atoms. The molecule has 4 unspecified atom stereocenters. The fraction of sp³-hybridized carbons (Fsp3) is 0.609. The molecule has 0 aromatic heterocycles. The highest BCUT2D eigenvalue weighted by molar-refractivity contribution is 6.07. The number of Topliss-reactive ketones (excluding diaryl/α,β-unsaturated/α-hetero) is 1. The van der Waals surface area contributed by atoms with Crippen LogP contribution in [0.15, 0.2) is 33.9 Å². The first-order chi connectivity index (χ1) is 12.8. The Bertz CT molecular complexity index is 808. The van der Waals surface area contributed by atoms with Gasteiger partial charge in [0.1, 0.15) is 12.6 Å². The van der Waals surface area contributed by atoms with Crippen LogP contribution < -0.4 is 0 Å². The topological polar surface area (TPSA) is 71.4 Å². The number of carbonyl (C=O) groups excluding carboxylic acids is 3. The van der Waals surface area contributed by atoms with Crippen LogP contribution in [0.1, 0.15) is 52.9 Å². The zero-order valence-electron chi connectivity index (χ0n) is 16.3. The maximum atomic E-state index is 13.0. The van der Waals surface area contributed by atoms with E-state index >= 15 is 0 Å². The van der Waals surface area contributed by atoms with Gasteiger partial charge in [0, 0.05) is 28.7 Å². The normalized spacial score (nSPS) is 37.4. The van der Waals surface area contributed by atoms with Crippen LogP contribution in [0.2, 0.25) is 0 Å². The van der Waals surface area contributed by atoms with Crippen molar-refractivity contribution in [2.45, 2.75) is 59.0 Å². The van der Waals surface area contributed by atoms with Gasteiger partial charge in [-0.3, -0.25) is 4.79 Å². The highest BCUT2D eigenvalue weighted by atomic mass is 16.3. The summed E-state index contributed by atoms with van der Waals surface area (Å²) >= 11 is 0. The molecular formula is C23H28O4. The average molecular weight is 368 g/mol. The summed E-state index contributed by atoms with van der Waals surface area (Å²) in [7, 11) is 0. The molecule has 0 aromatic carbocycles. The predicted octanol–water partition coefficient (Wildman–Crippen LogP) is 3.35. The smallest absolute Gasteiger partial charge is 0.167 e. The van der Waals surface area contributed by atoms with Crippen molar-refractivity contribution in [2.75, 3.05) is 0 Å². The number of aliphatic hydroxyl groups is 1. The highest BCUT2D eigenvalue weighted by Crippen LogP contribution is 2.63. The third kappa shape index (κ3) is 2.64. The highest BCUT2D eigenvalue weighted by Gasteiger charge is 2.56. The summed E-state index contributed by atoms with van der Waals surface area (Å²) in [6, 6.07) is 0. The molecule has 0 aromatic rings. The van der Waals surface area contributed by atoms with Gasteiger partial charge in [-0.2, -0.15) is 0 Å². The molecule has 144 valence electrons. The van der Waals surface area contributed by atoms with Gasteiger partial charge in [0.2, 0.25) is 0 Å². The van der Waals surface area contributed by atoms with Crippen LogP contribution in [-0.4, -0.2) is 29.6 Å². The fourth-order valence-electron chi connectivity index (χ4n) is 5.80. The van der Waals surface area contributed by atoms with Crippen LogP contribution >= 0.6 is 0 Å². The van der Waals surface area contributed by atoms with Crippen molar-refractivity contribution >= 4 is 18.4 Å². The maximum Gasteiger partial charge on any atom is 0.167 e. The van der Waals surface area contributed by atoms with Crippen molar-refractivity contribution in [3.8, 4) is 0 Å². The SMILES string of the molecule is CC1=C(CC2CC(C=O)CC(C=O)C2O)C2=C(C)C3(CC3)[C@H](C)C(=O)C2=C1. The summed E-state index contributed by atoms with van der Waals surface area (Å²) in [6.45, 7) is 6.25. The van der Waals surface area contributed by atoms with E-state index in [0.717, 1.165) is 47.7 Å². The molecule has 4 aliphatic carbocycles. The number of aliphatic hydroxyl groups excluding tert-OH is 1. The van der Waals surface area contributed by atoms with Gasteiger partial charge in [0.05, 0.1) is 6.10 Å². The van der Waals surface area contributed by atoms with Gasteiger partial charge >= 0.3 is 0 Å². The Morgan fingerprint density at radius 2 is 1.89 bits per heavy atom. The Hall–Kier alpha value is -1.81. The second-order valence-corrected chi connectivity index (χ2v) is 9.08. The minimum Gasteiger partial charge on any atom is -0.392 e. The number of rotatable bonds is 4. The van der Waals surface area contributed by atoms with Gasteiger partial charge in [-0.1, -0.05) is 12.5 Å². The van der Waals surface area contributed by atoms with E-state index in [2.05, 4.69) is 13.8 Å². The minimum absolute atomic E-state index is 0.0292. The van der Waals surface area contributed by atoms with E-state index in [4.69, 9.17) is 0 Å². The zero-order chi connectivity index (χ0) is 19.5. The molecular weight excluding hydrogens is 340 g/mol. The molecule has 4 heteroatoms. The summed E-state index contributed by atoms with van der Waals surface area (Å²) in [5.41, 5.74) is 5.48. The molecule has 4 rings (SSSR count). The number of carbonyl (C=O) groups is 3. The molecule has 4 aliphatic rings. The third-order valence-corrected chi connectivity index (χ3v) is 7.74. The first kappa shape index (κ1) is 18.5. The average Bonchev–Trinajstić information content (AvgIpc) is 3.40. The van der Waals surface area contributed by atoms with Crippen molar-refractivity contribution in [1.82, 2.24) is 0 Å². The first-order valence-corrected chi connectivity index (χ1v) is 10.1. The summed E-state index contributed by atoms with van der Waals surface area (Å²) in [4.78, 5) is 35.7. The standard InChI is InChI=1S/C23H28O4/c1-12-6-19-20(13(2)23(4-5-23)14(3)21(19)26)18(12)9-16-7-15(10-24)8-17(11-25)22(16)27/h6,10-11,14-17,22,27H,4-5,7-9H2,1-3H3/t14-,15?,16?,17?,22?/m1/s1. The van der Waals surface area contributed by atoms with Crippen LogP contribution in [-0.2, 0) is 14.4 Å². The molecule has 0 bridgehead atoms. The number of allylic oxidation sites excluding steroid dienone is 6. The number of hydrogen-bond donors (Lipinski definition) is 1. The maximum absolute atomic E-state index is 13.0. The molecule has 0 heterocycles. The van der Waals surface area contributed by atoms with Crippen LogP contribution in [0.25, 0.3) is 0 Å². The van der Waals surface area contributed by atoms with E-state index in [1.54, 1.807) is 0 Å². The second kappa shape index (κ2) is 6.37. The lowest BCUT2D eigenvalue weighted by molar-refractivity contribution is -0.122. The minimum atomic E-state index is -0.725. The number of ketones is 1. The number of aldehydes is 2. The number of hydrogen-bond acceptors (Lipinski definition) is 4. The van der Waals surface area contributed by atoms with Gasteiger partial charge in [-0.15, -0.1) is 0 Å². The Balaban J connectivity index is 1.68. The van der Waals surface area contributed by atoms with Crippen LogP contribution in [0.5, 0.6) is 0 Å². The largest absolute Gasteiger partial charge is 0.392 e. The lowest BCUT2D eigenvalue weighted by Gasteiger charge is -2.37. The first-order valence-electron chi connectivity index (χ1n) is 10.1. The fourth-order valence-corrected chi connectivity index (χ4v) is 5.80. The van der Waals surface area contributed by atoms with Crippen LogP contribution in [0, 0.1) is 29.1 Å². The van der Waals surface area contributed by atoms with Gasteiger partial charge < -0.3 is 14.7 Å². The molecule has 0 radical (unpaired) electrons. The van der Waals surface area contributed by atoms with Crippen molar-refractivity contribution in [3.05, 3.63) is 33.9 Å². The van der Waals surface area contributed by atoms with E-state index in [1.807, 2.05) is 13.0 Å². The van der Waals surface area contributed by atoms with Gasteiger partial charge in [0.15, 0.2) is 5.78 Å². The van der Waals surface area contributed by atoms with Crippen molar-refractivity contribution < 1.29 is 19.5 Å². The number of fused-ring (bicyclic) bond motifs is 1. The van der Waals surface area contributed by atoms with E-state index in [1.165, 1.54) is 5.57 Å². The molecule has 0 amide bonds.